The number of likely N-dealkylation sites (tertiary alicyclic amines) is 1. The minimum Gasteiger partial charge on any atom is -0.367 e. The number of thioether (sulfide) groups is 1. The molecule has 0 aliphatic carbocycles. The van der Waals surface area contributed by atoms with Crippen molar-refractivity contribution in [2.45, 2.75) is 65.6 Å². The highest BCUT2D eigenvalue weighted by Crippen LogP contribution is 2.37. The lowest BCUT2D eigenvalue weighted by atomic mass is 9.94. The van der Waals surface area contributed by atoms with Crippen LogP contribution in [-0.4, -0.2) is 66.7 Å². The summed E-state index contributed by atoms with van der Waals surface area (Å²) >= 11 is 1.77. The Labute approximate surface area is 219 Å². The van der Waals surface area contributed by atoms with E-state index in [2.05, 4.69) is 32.2 Å². The van der Waals surface area contributed by atoms with Gasteiger partial charge in [-0.1, -0.05) is 13.8 Å². The van der Waals surface area contributed by atoms with Gasteiger partial charge < -0.3 is 15.1 Å². The Balaban J connectivity index is 0.00000176. The summed E-state index contributed by atoms with van der Waals surface area (Å²) in [5.74, 6) is 2.18. The standard InChI is InChI=1S/C25H36F3N5S.C2H6/c1-18(20-8-11-29-12-9-20)30-31-19(2)34-15-3-13-32-16-21-10-14-33(24(21)17-32)23-6-4-22(5-7-23)25(26,27)28;1-2/h4-7,20-21,24,29H,3,8-17H2,1-2H3;1-2H3/b30-18+,31-19+;. The van der Waals surface area contributed by atoms with E-state index in [0.717, 1.165) is 87.1 Å². The first kappa shape index (κ1) is 29.0. The minimum absolute atomic E-state index is 0.403. The predicted molar refractivity (Wildman–Crippen MR) is 147 cm³/mol. The van der Waals surface area contributed by atoms with Gasteiger partial charge >= 0.3 is 6.18 Å². The Kier molecular flexibility index (Phi) is 11.1. The van der Waals surface area contributed by atoms with Crippen LogP contribution in [-0.2, 0) is 6.18 Å². The molecule has 0 spiro atoms. The fourth-order valence-corrected chi connectivity index (χ4v) is 6.07. The zero-order valence-corrected chi connectivity index (χ0v) is 23.0. The number of hydrogen-bond acceptors (Lipinski definition) is 6. The van der Waals surface area contributed by atoms with Gasteiger partial charge in [-0.2, -0.15) is 18.3 Å². The van der Waals surface area contributed by atoms with Crippen molar-refractivity contribution in [2.75, 3.05) is 49.9 Å². The molecule has 202 valence electrons. The second-order valence-corrected chi connectivity index (χ2v) is 11.0. The third-order valence-corrected chi connectivity index (χ3v) is 8.35. The molecule has 1 aromatic rings. The lowest BCUT2D eigenvalue weighted by Crippen LogP contribution is -2.35. The molecule has 3 aliphatic heterocycles. The third-order valence-electron chi connectivity index (χ3n) is 7.36. The van der Waals surface area contributed by atoms with Crippen molar-refractivity contribution in [3.63, 3.8) is 0 Å². The molecule has 36 heavy (non-hydrogen) atoms. The summed E-state index contributed by atoms with van der Waals surface area (Å²) in [5.41, 5.74) is 1.47. The van der Waals surface area contributed by atoms with Crippen LogP contribution in [0.3, 0.4) is 0 Å². The number of piperidine rings is 1. The number of alkyl halides is 3. The van der Waals surface area contributed by atoms with E-state index in [9.17, 15) is 13.2 Å². The zero-order chi connectivity index (χ0) is 26.1. The molecule has 2 atom stereocenters. The number of anilines is 1. The van der Waals surface area contributed by atoms with Gasteiger partial charge in [0.1, 0.15) is 0 Å². The van der Waals surface area contributed by atoms with Crippen LogP contribution >= 0.6 is 11.8 Å². The lowest BCUT2D eigenvalue weighted by molar-refractivity contribution is -0.137. The predicted octanol–water partition coefficient (Wildman–Crippen LogP) is 6.16. The molecule has 0 radical (unpaired) electrons. The molecule has 4 rings (SSSR count). The maximum absolute atomic E-state index is 12.9. The summed E-state index contributed by atoms with van der Waals surface area (Å²) in [7, 11) is 0. The van der Waals surface area contributed by atoms with Crippen molar-refractivity contribution in [2.24, 2.45) is 22.0 Å². The normalized spacial score (nSPS) is 24.0. The summed E-state index contributed by atoms with van der Waals surface area (Å²) in [6, 6.07) is 6.06. The highest BCUT2D eigenvalue weighted by Gasteiger charge is 2.41. The first-order chi connectivity index (χ1) is 17.3. The molecule has 0 amide bonds. The van der Waals surface area contributed by atoms with Crippen molar-refractivity contribution in [3.8, 4) is 0 Å². The molecule has 3 aliphatic rings. The van der Waals surface area contributed by atoms with Crippen LogP contribution in [0, 0.1) is 11.8 Å². The van der Waals surface area contributed by atoms with Gasteiger partial charge in [0.05, 0.1) is 10.6 Å². The van der Waals surface area contributed by atoms with Gasteiger partial charge in [0.15, 0.2) is 0 Å². The fraction of sp³-hybridized carbons (Fsp3) is 0.704. The summed E-state index contributed by atoms with van der Waals surface area (Å²) in [6.45, 7) is 14.3. The molecule has 9 heteroatoms. The van der Waals surface area contributed by atoms with E-state index in [0.29, 0.717) is 17.9 Å². The van der Waals surface area contributed by atoms with E-state index in [1.54, 1.807) is 23.9 Å². The Morgan fingerprint density at radius 3 is 2.39 bits per heavy atom. The SMILES string of the molecule is C/C(=N\N=C(/C)C1CCNCC1)SCCCN1CC2CCN(c3ccc(C(F)(F)F)cc3)C2C1.CC. The monoisotopic (exact) mass is 525 g/mol. The molecule has 3 fully saturated rings. The average molecular weight is 526 g/mol. The van der Waals surface area contributed by atoms with Crippen molar-refractivity contribution in [1.29, 1.82) is 0 Å². The number of hydrogen-bond donors (Lipinski definition) is 1. The van der Waals surface area contributed by atoms with E-state index < -0.39 is 11.7 Å². The molecule has 1 N–H and O–H groups in total. The summed E-state index contributed by atoms with van der Waals surface area (Å²) in [6.07, 6.45) is 0.206. The smallest absolute Gasteiger partial charge is 0.367 e. The Morgan fingerprint density at radius 2 is 1.72 bits per heavy atom. The van der Waals surface area contributed by atoms with Crippen molar-refractivity contribution < 1.29 is 13.2 Å². The van der Waals surface area contributed by atoms with E-state index in [4.69, 9.17) is 0 Å². The van der Waals surface area contributed by atoms with E-state index in [-0.39, 0.29) is 0 Å². The van der Waals surface area contributed by atoms with Crippen LogP contribution in [0.5, 0.6) is 0 Å². The number of rotatable bonds is 7. The second kappa shape index (κ2) is 13.8. The largest absolute Gasteiger partial charge is 0.416 e. The van der Waals surface area contributed by atoms with Gasteiger partial charge in [-0.25, -0.2) is 0 Å². The first-order valence-electron chi connectivity index (χ1n) is 13.4. The van der Waals surface area contributed by atoms with E-state index >= 15 is 0 Å². The van der Waals surface area contributed by atoms with Crippen LogP contribution in [0.1, 0.15) is 58.9 Å². The lowest BCUT2D eigenvalue weighted by Gasteiger charge is -2.27. The molecular weight excluding hydrogens is 483 g/mol. The highest BCUT2D eigenvalue weighted by atomic mass is 32.2. The van der Waals surface area contributed by atoms with Crippen LogP contribution in [0.2, 0.25) is 0 Å². The van der Waals surface area contributed by atoms with Crippen molar-refractivity contribution in [1.82, 2.24) is 10.2 Å². The Bertz CT molecular complexity index is 865. The Morgan fingerprint density at radius 1 is 1.03 bits per heavy atom. The van der Waals surface area contributed by atoms with Crippen LogP contribution < -0.4 is 10.2 Å². The first-order valence-corrected chi connectivity index (χ1v) is 14.4. The summed E-state index contributed by atoms with van der Waals surface area (Å²) in [5, 5.41) is 13.3. The number of nitrogens with zero attached hydrogens (tertiary/aromatic N) is 4. The van der Waals surface area contributed by atoms with Gasteiger partial charge in [-0.3, -0.25) is 0 Å². The summed E-state index contributed by atoms with van der Waals surface area (Å²) < 4.78 is 38.6. The number of benzene rings is 1. The molecule has 0 saturated carbocycles. The molecule has 1 aromatic carbocycles. The molecular formula is C27H42F3N5S. The number of halogens is 3. The quantitative estimate of drug-likeness (QED) is 0.200. The highest BCUT2D eigenvalue weighted by molar-refractivity contribution is 8.13. The fourth-order valence-electron chi connectivity index (χ4n) is 5.40. The van der Waals surface area contributed by atoms with Crippen LogP contribution in [0.4, 0.5) is 18.9 Å². The van der Waals surface area contributed by atoms with Gasteiger partial charge in [0.25, 0.3) is 0 Å². The maximum atomic E-state index is 12.9. The van der Waals surface area contributed by atoms with E-state index in [1.165, 1.54) is 12.1 Å². The zero-order valence-electron chi connectivity index (χ0n) is 22.2. The molecule has 0 aromatic heterocycles. The van der Waals surface area contributed by atoms with Crippen molar-refractivity contribution in [3.05, 3.63) is 29.8 Å². The topological polar surface area (TPSA) is 43.2 Å². The van der Waals surface area contributed by atoms with Crippen molar-refractivity contribution >= 4 is 28.2 Å². The molecule has 3 heterocycles. The van der Waals surface area contributed by atoms with E-state index in [1.807, 2.05) is 20.8 Å². The molecule has 0 bridgehead atoms. The maximum Gasteiger partial charge on any atom is 0.416 e. The number of nitrogens with one attached hydrogen (secondary N) is 1. The molecule has 3 saturated heterocycles. The average Bonchev–Trinajstić information content (AvgIpc) is 3.47. The van der Waals surface area contributed by atoms with Gasteiger partial charge in [0, 0.05) is 48.7 Å². The molecule has 5 nitrogen and oxygen atoms in total. The summed E-state index contributed by atoms with van der Waals surface area (Å²) in [4.78, 5) is 4.82. The van der Waals surface area contributed by atoms with Gasteiger partial charge in [-0.05, 0) is 89.3 Å². The minimum atomic E-state index is -4.28. The number of fused-ring (bicyclic) bond motifs is 1. The third kappa shape index (κ3) is 7.96. The Hall–Kier alpha value is -1.58. The van der Waals surface area contributed by atoms with Gasteiger partial charge in [0.2, 0.25) is 0 Å². The second-order valence-electron chi connectivity index (χ2n) is 9.70. The van der Waals surface area contributed by atoms with Crippen LogP contribution in [0.25, 0.3) is 0 Å². The van der Waals surface area contributed by atoms with Gasteiger partial charge in [-0.15, -0.1) is 16.9 Å². The molecule has 2 unspecified atom stereocenters. The van der Waals surface area contributed by atoms with Crippen LogP contribution in [0.15, 0.2) is 34.5 Å².